The summed E-state index contributed by atoms with van der Waals surface area (Å²) in [6.45, 7) is 3.13. The van der Waals surface area contributed by atoms with Gasteiger partial charge in [0, 0.05) is 17.9 Å². The molecule has 1 fully saturated rings. The molecule has 1 atom stereocenters. The molecule has 1 aliphatic carbocycles. The van der Waals surface area contributed by atoms with Crippen LogP contribution in [0.2, 0.25) is 0 Å². The standard InChI is InChI=1S/C12H21N3/c1-10-7-8-14-15(10)9-12(13-2)11-5-3-4-6-11/h7-8,11-13H,3-6,9H2,1-2H3. The van der Waals surface area contributed by atoms with Gasteiger partial charge in [0.25, 0.3) is 0 Å². The third-order valence-corrected chi connectivity index (χ3v) is 3.64. The van der Waals surface area contributed by atoms with Crippen molar-refractivity contribution in [2.75, 3.05) is 7.05 Å². The van der Waals surface area contributed by atoms with Crippen LogP contribution in [-0.2, 0) is 6.54 Å². The highest BCUT2D eigenvalue weighted by Gasteiger charge is 2.24. The third-order valence-electron chi connectivity index (χ3n) is 3.64. The molecule has 0 bridgehead atoms. The second kappa shape index (κ2) is 4.79. The maximum absolute atomic E-state index is 4.35. The molecule has 2 rings (SSSR count). The summed E-state index contributed by atoms with van der Waals surface area (Å²) < 4.78 is 2.11. The Bertz CT molecular complexity index is 300. The largest absolute Gasteiger partial charge is 0.315 e. The van der Waals surface area contributed by atoms with Crippen LogP contribution in [-0.4, -0.2) is 22.9 Å². The summed E-state index contributed by atoms with van der Waals surface area (Å²) in [5, 5.41) is 7.80. The molecule has 0 aliphatic heterocycles. The SMILES string of the molecule is CNC(Cn1nccc1C)C1CCCC1. The van der Waals surface area contributed by atoms with Crippen molar-refractivity contribution >= 4 is 0 Å². The molecule has 1 saturated carbocycles. The van der Waals surface area contributed by atoms with E-state index in [-0.39, 0.29) is 0 Å². The minimum absolute atomic E-state index is 0.589. The number of nitrogens with one attached hydrogen (secondary N) is 1. The molecule has 0 amide bonds. The molecule has 0 radical (unpaired) electrons. The Balaban J connectivity index is 1.98. The number of hydrogen-bond acceptors (Lipinski definition) is 2. The normalized spacial score (nSPS) is 19.6. The van der Waals surface area contributed by atoms with Crippen molar-refractivity contribution in [1.82, 2.24) is 15.1 Å². The molecule has 3 heteroatoms. The number of nitrogens with zero attached hydrogens (tertiary/aromatic N) is 2. The summed E-state index contributed by atoms with van der Waals surface area (Å²) in [6.07, 6.45) is 7.45. The van der Waals surface area contributed by atoms with Gasteiger partial charge < -0.3 is 5.32 Å². The molecular weight excluding hydrogens is 186 g/mol. The first-order chi connectivity index (χ1) is 7.31. The first-order valence-electron chi connectivity index (χ1n) is 5.97. The van der Waals surface area contributed by atoms with E-state index < -0.39 is 0 Å². The molecule has 3 nitrogen and oxygen atoms in total. The van der Waals surface area contributed by atoms with Crippen LogP contribution < -0.4 is 5.32 Å². The van der Waals surface area contributed by atoms with E-state index >= 15 is 0 Å². The van der Waals surface area contributed by atoms with E-state index in [1.165, 1.54) is 31.4 Å². The van der Waals surface area contributed by atoms with E-state index in [1.54, 1.807) is 0 Å². The average Bonchev–Trinajstić information content (AvgIpc) is 2.86. The zero-order valence-corrected chi connectivity index (χ0v) is 9.74. The maximum Gasteiger partial charge on any atom is 0.0568 e. The lowest BCUT2D eigenvalue weighted by atomic mass is 9.98. The van der Waals surface area contributed by atoms with Gasteiger partial charge in [0.05, 0.1) is 6.54 Å². The maximum atomic E-state index is 4.35. The highest BCUT2D eigenvalue weighted by atomic mass is 15.3. The Morgan fingerprint density at radius 2 is 2.27 bits per heavy atom. The highest BCUT2D eigenvalue weighted by molar-refractivity contribution is 4.97. The second-order valence-corrected chi connectivity index (χ2v) is 4.59. The van der Waals surface area contributed by atoms with Crippen molar-refractivity contribution < 1.29 is 0 Å². The lowest BCUT2D eigenvalue weighted by Gasteiger charge is -2.23. The number of likely N-dealkylation sites (N-methyl/N-ethyl adjacent to an activating group) is 1. The minimum Gasteiger partial charge on any atom is -0.315 e. The smallest absolute Gasteiger partial charge is 0.0568 e. The Morgan fingerprint density at radius 3 is 2.80 bits per heavy atom. The molecule has 1 aliphatic rings. The van der Waals surface area contributed by atoms with Crippen LogP contribution in [0.5, 0.6) is 0 Å². The zero-order chi connectivity index (χ0) is 10.7. The first kappa shape index (κ1) is 10.7. The summed E-state index contributed by atoms with van der Waals surface area (Å²) in [7, 11) is 2.07. The molecular formula is C12H21N3. The van der Waals surface area contributed by atoms with Crippen molar-refractivity contribution in [2.45, 2.75) is 45.2 Å². The van der Waals surface area contributed by atoms with Crippen LogP contribution >= 0.6 is 0 Å². The van der Waals surface area contributed by atoms with Gasteiger partial charge in [-0.3, -0.25) is 4.68 Å². The fraction of sp³-hybridized carbons (Fsp3) is 0.750. The Hall–Kier alpha value is -0.830. The fourth-order valence-electron chi connectivity index (χ4n) is 2.61. The molecule has 84 valence electrons. The Labute approximate surface area is 91.9 Å². The van der Waals surface area contributed by atoms with E-state index in [0.717, 1.165) is 12.5 Å². The van der Waals surface area contributed by atoms with E-state index in [9.17, 15) is 0 Å². The van der Waals surface area contributed by atoms with E-state index in [0.29, 0.717) is 6.04 Å². The number of hydrogen-bond donors (Lipinski definition) is 1. The van der Waals surface area contributed by atoms with E-state index in [4.69, 9.17) is 0 Å². The predicted molar refractivity (Wildman–Crippen MR) is 61.8 cm³/mol. The molecule has 0 saturated heterocycles. The van der Waals surface area contributed by atoms with Crippen LogP contribution in [0.15, 0.2) is 12.3 Å². The van der Waals surface area contributed by atoms with Gasteiger partial charge in [-0.15, -0.1) is 0 Å². The van der Waals surface area contributed by atoms with Crippen LogP contribution in [0, 0.1) is 12.8 Å². The topological polar surface area (TPSA) is 29.9 Å². The van der Waals surface area contributed by atoms with Crippen molar-refractivity contribution in [1.29, 1.82) is 0 Å². The third kappa shape index (κ3) is 2.40. The molecule has 0 spiro atoms. The molecule has 1 aromatic rings. The monoisotopic (exact) mass is 207 g/mol. The van der Waals surface area contributed by atoms with Crippen LogP contribution in [0.1, 0.15) is 31.4 Å². The van der Waals surface area contributed by atoms with Crippen LogP contribution in [0.3, 0.4) is 0 Å². The summed E-state index contributed by atoms with van der Waals surface area (Å²) in [4.78, 5) is 0. The van der Waals surface area contributed by atoms with Gasteiger partial charge in [-0.2, -0.15) is 5.10 Å². The van der Waals surface area contributed by atoms with Gasteiger partial charge in [-0.25, -0.2) is 0 Å². The summed E-state index contributed by atoms with van der Waals surface area (Å²) in [6, 6.07) is 2.66. The number of aromatic nitrogens is 2. The van der Waals surface area contributed by atoms with Crippen LogP contribution in [0.4, 0.5) is 0 Å². The van der Waals surface area contributed by atoms with Crippen LogP contribution in [0.25, 0.3) is 0 Å². The van der Waals surface area contributed by atoms with Gasteiger partial charge in [-0.1, -0.05) is 12.8 Å². The first-order valence-corrected chi connectivity index (χ1v) is 5.97. The van der Waals surface area contributed by atoms with Gasteiger partial charge in [0.1, 0.15) is 0 Å². The number of aryl methyl sites for hydroxylation is 1. The predicted octanol–water partition coefficient (Wildman–Crippen LogP) is 1.97. The van der Waals surface area contributed by atoms with Crippen molar-refractivity contribution in [3.05, 3.63) is 18.0 Å². The van der Waals surface area contributed by atoms with Crippen molar-refractivity contribution in [3.8, 4) is 0 Å². The van der Waals surface area contributed by atoms with Crippen molar-refractivity contribution in [2.24, 2.45) is 5.92 Å². The fourth-order valence-corrected chi connectivity index (χ4v) is 2.61. The van der Waals surface area contributed by atoms with E-state index in [1.807, 2.05) is 6.20 Å². The average molecular weight is 207 g/mol. The minimum atomic E-state index is 0.589. The summed E-state index contributed by atoms with van der Waals surface area (Å²) >= 11 is 0. The Morgan fingerprint density at radius 1 is 1.53 bits per heavy atom. The molecule has 1 aromatic heterocycles. The summed E-state index contributed by atoms with van der Waals surface area (Å²) in [5.41, 5.74) is 1.26. The number of rotatable bonds is 4. The molecule has 0 aromatic carbocycles. The molecule has 15 heavy (non-hydrogen) atoms. The highest BCUT2D eigenvalue weighted by Crippen LogP contribution is 2.28. The van der Waals surface area contributed by atoms with E-state index in [2.05, 4.69) is 35.1 Å². The zero-order valence-electron chi connectivity index (χ0n) is 9.74. The summed E-state index contributed by atoms with van der Waals surface area (Å²) in [5.74, 6) is 0.846. The Kier molecular flexibility index (Phi) is 3.41. The molecule has 1 unspecified atom stereocenters. The van der Waals surface area contributed by atoms with Crippen molar-refractivity contribution in [3.63, 3.8) is 0 Å². The lowest BCUT2D eigenvalue weighted by Crippen LogP contribution is -2.36. The lowest BCUT2D eigenvalue weighted by molar-refractivity contribution is 0.326. The molecule has 1 heterocycles. The van der Waals surface area contributed by atoms with Gasteiger partial charge in [0.2, 0.25) is 0 Å². The van der Waals surface area contributed by atoms with Gasteiger partial charge in [-0.05, 0) is 38.8 Å². The second-order valence-electron chi connectivity index (χ2n) is 4.59. The van der Waals surface area contributed by atoms with Gasteiger partial charge in [0.15, 0.2) is 0 Å². The van der Waals surface area contributed by atoms with Gasteiger partial charge >= 0.3 is 0 Å². The quantitative estimate of drug-likeness (QED) is 0.818. The molecule has 1 N–H and O–H groups in total.